The smallest absolute Gasteiger partial charge is 0.115 e. The van der Waals surface area contributed by atoms with Gasteiger partial charge in [-0.25, -0.2) is 9.97 Å². The first-order chi connectivity index (χ1) is 11.4. The normalized spacial score (nSPS) is 20.2. The van der Waals surface area contributed by atoms with Gasteiger partial charge in [-0.1, -0.05) is 12.1 Å². The highest BCUT2D eigenvalue weighted by molar-refractivity contribution is 5.88. The summed E-state index contributed by atoms with van der Waals surface area (Å²) in [4.78, 5) is 13.6. The molecular formula is C19H11N3O. The average Bonchev–Trinajstić information content (AvgIpc) is 2.99. The van der Waals surface area contributed by atoms with Crippen LogP contribution in [0.1, 0.15) is 45.5 Å². The minimum absolute atomic E-state index is 0.0444. The zero-order chi connectivity index (χ0) is 15.0. The summed E-state index contributed by atoms with van der Waals surface area (Å²) in [5, 5.41) is 2.28. The molecule has 0 N–H and O–H groups in total. The molecule has 2 atom stereocenters. The van der Waals surface area contributed by atoms with Crippen molar-refractivity contribution < 1.29 is 4.42 Å². The van der Waals surface area contributed by atoms with E-state index in [9.17, 15) is 0 Å². The number of nitrogens with zero attached hydrogens (tertiary/aromatic N) is 3. The Labute approximate surface area is 131 Å². The lowest BCUT2D eigenvalue weighted by atomic mass is 9.77. The van der Waals surface area contributed by atoms with Crippen LogP contribution in [-0.2, 0) is 0 Å². The fourth-order valence-corrected chi connectivity index (χ4v) is 4.22. The van der Waals surface area contributed by atoms with Crippen LogP contribution in [-0.4, -0.2) is 15.0 Å². The van der Waals surface area contributed by atoms with E-state index in [2.05, 4.69) is 28.2 Å². The zero-order valence-corrected chi connectivity index (χ0v) is 12.1. The Hall–Kier alpha value is -3.01. The minimum Gasteiger partial charge on any atom is -0.471 e. The zero-order valence-electron chi connectivity index (χ0n) is 12.1. The molecule has 0 amide bonds. The van der Waals surface area contributed by atoms with Gasteiger partial charge in [-0.05, 0) is 28.8 Å². The monoisotopic (exact) mass is 297 g/mol. The topological polar surface area (TPSA) is 51.8 Å². The molecule has 0 fully saturated rings. The third kappa shape index (κ3) is 1.30. The SMILES string of the molecule is c1cnc2c(c1)C1c3cc(c4cocc4c3)C2c2ncncc21. The molecule has 2 unspecified atom stereocenters. The van der Waals surface area contributed by atoms with Gasteiger partial charge in [-0.2, -0.15) is 0 Å². The Morgan fingerprint density at radius 2 is 1.87 bits per heavy atom. The van der Waals surface area contributed by atoms with E-state index in [0.717, 1.165) is 22.2 Å². The number of furan rings is 1. The van der Waals surface area contributed by atoms with Gasteiger partial charge in [0.05, 0.1) is 29.8 Å². The van der Waals surface area contributed by atoms with Gasteiger partial charge in [-0.15, -0.1) is 0 Å². The lowest BCUT2D eigenvalue weighted by molar-refractivity contribution is 0.572. The van der Waals surface area contributed by atoms with Crippen LogP contribution in [0.25, 0.3) is 10.8 Å². The van der Waals surface area contributed by atoms with Crippen LogP contribution in [0, 0.1) is 0 Å². The molecule has 3 aromatic heterocycles. The first-order valence-electron chi connectivity index (χ1n) is 7.66. The maximum absolute atomic E-state index is 5.46. The van der Waals surface area contributed by atoms with Crippen LogP contribution >= 0.6 is 0 Å². The van der Waals surface area contributed by atoms with Gasteiger partial charge < -0.3 is 4.42 Å². The Kier molecular flexibility index (Phi) is 1.93. The molecule has 0 saturated heterocycles. The molecular weight excluding hydrogens is 286 g/mol. The van der Waals surface area contributed by atoms with E-state index in [1.807, 2.05) is 31.0 Å². The molecule has 4 bridgehead atoms. The Morgan fingerprint density at radius 1 is 0.913 bits per heavy atom. The van der Waals surface area contributed by atoms with Gasteiger partial charge >= 0.3 is 0 Å². The van der Waals surface area contributed by atoms with Gasteiger partial charge in [0.2, 0.25) is 0 Å². The molecule has 1 aromatic carbocycles. The first kappa shape index (κ1) is 11.5. The molecule has 4 heteroatoms. The third-order valence-corrected chi connectivity index (χ3v) is 5.10. The van der Waals surface area contributed by atoms with Crippen LogP contribution < -0.4 is 0 Å². The van der Waals surface area contributed by atoms with Crippen LogP contribution in [0.4, 0.5) is 0 Å². The summed E-state index contributed by atoms with van der Waals surface area (Å²) in [6.07, 6.45) is 9.12. The molecule has 108 valence electrons. The number of hydrogen-bond acceptors (Lipinski definition) is 4. The second-order valence-corrected chi connectivity index (χ2v) is 6.19. The number of benzene rings is 1. The van der Waals surface area contributed by atoms with Crippen molar-refractivity contribution >= 4 is 10.8 Å². The quantitative estimate of drug-likeness (QED) is 0.430. The van der Waals surface area contributed by atoms with Crippen molar-refractivity contribution in [2.24, 2.45) is 0 Å². The van der Waals surface area contributed by atoms with Crippen molar-refractivity contribution in [1.82, 2.24) is 15.0 Å². The summed E-state index contributed by atoms with van der Waals surface area (Å²) in [7, 11) is 0. The standard InChI is InChI=1S/C19H11N3O/c1-2-12-16-10-4-11-7-23-8-15(11)13(5-10)17(18(12)21-3-1)19-14(16)6-20-9-22-19/h1-9,16-17H. The number of fused-ring (bicyclic) bond motifs is 1. The van der Waals surface area contributed by atoms with Crippen molar-refractivity contribution in [1.29, 1.82) is 0 Å². The van der Waals surface area contributed by atoms with Gasteiger partial charge in [0.1, 0.15) is 6.33 Å². The van der Waals surface area contributed by atoms with E-state index in [1.165, 1.54) is 22.3 Å². The number of hydrogen-bond donors (Lipinski definition) is 0. The molecule has 3 aliphatic carbocycles. The fourth-order valence-electron chi connectivity index (χ4n) is 4.22. The van der Waals surface area contributed by atoms with Gasteiger partial charge in [0.25, 0.3) is 0 Å². The first-order valence-corrected chi connectivity index (χ1v) is 7.66. The lowest BCUT2D eigenvalue weighted by Crippen LogP contribution is -2.19. The highest BCUT2D eigenvalue weighted by atomic mass is 16.3. The van der Waals surface area contributed by atoms with E-state index in [0.29, 0.717) is 0 Å². The van der Waals surface area contributed by atoms with Gasteiger partial charge in [0, 0.05) is 34.6 Å². The fraction of sp³-hybridized carbons (Fsp3) is 0.105. The molecule has 0 radical (unpaired) electrons. The molecule has 3 heterocycles. The van der Waals surface area contributed by atoms with Crippen molar-refractivity contribution in [2.45, 2.75) is 11.8 Å². The van der Waals surface area contributed by atoms with Crippen LogP contribution in [0.2, 0.25) is 0 Å². The Morgan fingerprint density at radius 3 is 2.87 bits per heavy atom. The third-order valence-electron chi connectivity index (χ3n) is 5.10. The minimum atomic E-state index is 0.0444. The van der Waals surface area contributed by atoms with Crippen molar-refractivity contribution in [3.8, 4) is 0 Å². The summed E-state index contributed by atoms with van der Waals surface area (Å²) in [6, 6.07) is 8.70. The van der Waals surface area contributed by atoms with E-state index in [1.54, 1.807) is 6.33 Å². The van der Waals surface area contributed by atoms with Crippen molar-refractivity contribution in [3.63, 3.8) is 0 Å². The summed E-state index contributed by atoms with van der Waals surface area (Å²) in [5.41, 5.74) is 7.12. The molecule has 0 spiro atoms. The highest BCUT2D eigenvalue weighted by Gasteiger charge is 2.40. The van der Waals surface area contributed by atoms with E-state index in [-0.39, 0.29) is 11.8 Å². The van der Waals surface area contributed by atoms with Crippen LogP contribution in [0.5, 0.6) is 0 Å². The molecule has 0 aliphatic heterocycles. The number of aromatic nitrogens is 3. The number of rotatable bonds is 0. The highest BCUT2D eigenvalue weighted by Crippen LogP contribution is 2.52. The lowest BCUT2D eigenvalue weighted by Gasteiger charge is -2.28. The van der Waals surface area contributed by atoms with Gasteiger partial charge in [-0.3, -0.25) is 4.98 Å². The maximum atomic E-state index is 5.46. The van der Waals surface area contributed by atoms with Crippen LogP contribution in [0.3, 0.4) is 0 Å². The predicted octanol–water partition coefficient (Wildman–Crippen LogP) is 3.61. The maximum Gasteiger partial charge on any atom is 0.115 e. The largest absolute Gasteiger partial charge is 0.471 e. The van der Waals surface area contributed by atoms with Crippen molar-refractivity contribution in [3.05, 3.63) is 89.2 Å². The van der Waals surface area contributed by atoms with E-state index >= 15 is 0 Å². The molecule has 23 heavy (non-hydrogen) atoms. The average molecular weight is 297 g/mol. The second-order valence-electron chi connectivity index (χ2n) is 6.19. The molecule has 4 nitrogen and oxygen atoms in total. The summed E-state index contributed by atoms with van der Waals surface area (Å²) in [5.74, 6) is 0.190. The Bertz CT molecular complexity index is 1050. The van der Waals surface area contributed by atoms with Gasteiger partial charge in [0.15, 0.2) is 0 Å². The molecule has 0 saturated carbocycles. The summed E-state index contributed by atoms with van der Waals surface area (Å²) >= 11 is 0. The molecule has 4 aromatic rings. The predicted molar refractivity (Wildman–Crippen MR) is 84.4 cm³/mol. The summed E-state index contributed by atoms with van der Waals surface area (Å²) in [6.45, 7) is 0. The number of pyridine rings is 1. The Balaban J connectivity index is 1.86. The second kappa shape index (κ2) is 3.84. The molecule has 3 aliphatic rings. The van der Waals surface area contributed by atoms with E-state index in [4.69, 9.17) is 9.40 Å². The van der Waals surface area contributed by atoms with Crippen LogP contribution in [0.15, 0.2) is 59.9 Å². The van der Waals surface area contributed by atoms with Crippen molar-refractivity contribution in [2.75, 3.05) is 0 Å². The summed E-state index contributed by atoms with van der Waals surface area (Å²) < 4.78 is 5.46. The molecule has 7 rings (SSSR count). The van der Waals surface area contributed by atoms with E-state index < -0.39 is 0 Å².